The standard InChI is InChI=1S/C20H27NO2/c1-20-9-8-16-15-5-3-14(23-11-10-21)12-13(15)2-4-17(16)18(20)6-7-19(20)22/h3,5,12,16-18H,2,4,6-11,21H2,1H3/t16-,17+,18+,20-/m1/s1. The molecule has 3 nitrogen and oxygen atoms in total. The number of ketones is 1. The van der Waals surface area contributed by atoms with E-state index in [1.165, 1.54) is 24.0 Å². The molecule has 4 atom stereocenters. The van der Waals surface area contributed by atoms with Crippen molar-refractivity contribution in [2.45, 2.75) is 51.4 Å². The summed E-state index contributed by atoms with van der Waals surface area (Å²) in [5.74, 6) is 3.42. The van der Waals surface area contributed by atoms with E-state index in [0.717, 1.165) is 31.4 Å². The first-order valence-electron chi connectivity index (χ1n) is 9.12. The first-order valence-corrected chi connectivity index (χ1v) is 9.12. The van der Waals surface area contributed by atoms with Crippen LogP contribution in [0.2, 0.25) is 0 Å². The van der Waals surface area contributed by atoms with Gasteiger partial charge in [-0.1, -0.05) is 13.0 Å². The lowest BCUT2D eigenvalue weighted by Gasteiger charge is -2.48. The predicted octanol–water partition coefficient (Wildman–Crippen LogP) is 3.45. The van der Waals surface area contributed by atoms with E-state index in [2.05, 4.69) is 25.1 Å². The molecule has 0 radical (unpaired) electrons. The summed E-state index contributed by atoms with van der Waals surface area (Å²) in [5, 5.41) is 0. The highest BCUT2D eigenvalue weighted by atomic mass is 16.5. The van der Waals surface area contributed by atoms with Gasteiger partial charge in [0, 0.05) is 18.4 Å². The molecule has 1 aromatic rings. The molecule has 0 saturated heterocycles. The number of hydrogen-bond acceptors (Lipinski definition) is 3. The van der Waals surface area contributed by atoms with Gasteiger partial charge in [0.05, 0.1) is 0 Å². The third-order valence-electron chi connectivity index (χ3n) is 6.79. The average Bonchev–Trinajstić information content (AvgIpc) is 2.88. The van der Waals surface area contributed by atoms with Gasteiger partial charge in [-0.2, -0.15) is 0 Å². The first-order chi connectivity index (χ1) is 11.1. The van der Waals surface area contributed by atoms with Crippen LogP contribution in [0.25, 0.3) is 0 Å². The Balaban J connectivity index is 1.61. The summed E-state index contributed by atoms with van der Waals surface area (Å²) in [5.41, 5.74) is 8.47. The number of carbonyl (C=O) groups excluding carboxylic acids is 1. The topological polar surface area (TPSA) is 52.3 Å². The Morgan fingerprint density at radius 3 is 2.96 bits per heavy atom. The molecule has 0 aromatic heterocycles. The van der Waals surface area contributed by atoms with Gasteiger partial charge in [-0.3, -0.25) is 4.79 Å². The molecule has 2 N–H and O–H groups in total. The minimum atomic E-state index is -0.0250. The van der Waals surface area contributed by atoms with E-state index in [1.54, 1.807) is 0 Å². The van der Waals surface area contributed by atoms with Crippen LogP contribution in [0.3, 0.4) is 0 Å². The highest BCUT2D eigenvalue weighted by molar-refractivity contribution is 5.87. The molecule has 0 spiro atoms. The number of rotatable bonds is 3. The van der Waals surface area contributed by atoms with Crippen molar-refractivity contribution in [2.75, 3.05) is 13.2 Å². The quantitative estimate of drug-likeness (QED) is 0.930. The summed E-state index contributed by atoms with van der Waals surface area (Å²) in [6.07, 6.45) is 6.51. The SMILES string of the molecule is C[C@@]12CC[C@@H]3c4ccc(OCCN)cc4CC[C@@H]3[C@@H]1CCC2=O. The van der Waals surface area contributed by atoms with Crippen LogP contribution in [0.1, 0.15) is 56.1 Å². The molecule has 2 fully saturated rings. The Labute approximate surface area is 138 Å². The zero-order valence-electron chi connectivity index (χ0n) is 14.0. The number of ether oxygens (including phenoxy) is 1. The number of benzene rings is 1. The lowest BCUT2D eigenvalue weighted by atomic mass is 9.55. The molecule has 4 rings (SSSR count). The van der Waals surface area contributed by atoms with Gasteiger partial charge in [-0.05, 0) is 73.1 Å². The fourth-order valence-corrected chi connectivity index (χ4v) is 5.60. The molecule has 2 saturated carbocycles. The summed E-state index contributed by atoms with van der Waals surface area (Å²) in [7, 11) is 0. The van der Waals surface area contributed by atoms with Crippen molar-refractivity contribution in [3.63, 3.8) is 0 Å². The summed E-state index contributed by atoms with van der Waals surface area (Å²) in [6, 6.07) is 6.59. The molecular formula is C20H27NO2. The van der Waals surface area contributed by atoms with Crippen LogP contribution >= 0.6 is 0 Å². The van der Waals surface area contributed by atoms with Gasteiger partial charge < -0.3 is 10.5 Å². The van der Waals surface area contributed by atoms with Crippen molar-refractivity contribution in [3.8, 4) is 5.75 Å². The number of aryl methyl sites for hydroxylation is 1. The van der Waals surface area contributed by atoms with Crippen molar-refractivity contribution in [2.24, 2.45) is 23.0 Å². The van der Waals surface area contributed by atoms with Crippen LogP contribution in [0.5, 0.6) is 5.75 Å². The van der Waals surface area contributed by atoms with Crippen molar-refractivity contribution in [1.29, 1.82) is 0 Å². The molecule has 0 aliphatic heterocycles. The Bertz CT molecular complexity index is 626. The monoisotopic (exact) mass is 313 g/mol. The molecule has 3 aliphatic rings. The third-order valence-corrected chi connectivity index (χ3v) is 6.79. The fourth-order valence-electron chi connectivity index (χ4n) is 5.60. The van der Waals surface area contributed by atoms with Crippen molar-refractivity contribution in [3.05, 3.63) is 29.3 Å². The zero-order valence-corrected chi connectivity index (χ0v) is 14.0. The van der Waals surface area contributed by atoms with Crippen LogP contribution in [-0.4, -0.2) is 18.9 Å². The highest BCUT2D eigenvalue weighted by Gasteiger charge is 2.54. The normalized spacial score (nSPS) is 35.4. The maximum Gasteiger partial charge on any atom is 0.139 e. The van der Waals surface area contributed by atoms with Gasteiger partial charge in [0.1, 0.15) is 18.1 Å². The summed E-state index contributed by atoms with van der Waals surface area (Å²) in [6.45, 7) is 3.37. The average molecular weight is 313 g/mol. The van der Waals surface area contributed by atoms with Gasteiger partial charge >= 0.3 is 0 Å². The molecule has 23 heavy (non-hydrogen) atoms. The minimum Gasteiger partial charge on any atom is -0.492 e. The molecule has 0 bridgehead atoms. The Hall–Kier alpha value is -1.35. The Morgan fingerprint density at radius 1 is 1.26 bits per heavy atom. The molecule has 0 heterocycles. The third kappa shape index (κ3) is 2.32. The predicted molar refractivity (Wildman–Crippen MR) is 90.6 cm³/mol. The summed E-state index contributed by atoms with van der Waals surface area (Å²) >= 11 is 0. The number of carbonyl (C=O) groups is 1. The van der Waals surface area contributed by atoms with E-state index >= 15 is 0 Å². The van der Waals surface area contributed by atoms with Gasteiger partial charge in [-0.25, -0.2) is 0 Å². The van der Waals surface area contributed by atoms with E-state index in [4.69, 9.17) is 10.5 Å². The van der Waals surface area contributed by atoms with Gasteiger partial charge in [0.2, 0.25) is 0 Å². The smallest absolute Gasteiger partial charge is 0.139 e. The van der Waals surface area contributed by atoms with E-state index in [1.807, 2.05) is 0 Å². The van der Waals surface area contributed by atoms with E-state index in [0.29, 0.717) is 36.7 Å². The van der Waals surface area contributed by atoms with Crippen LogP contribution in [0.4, 0.5) is 0 Å². The van der Waals surface area contributed by atoms with E-state index in [-0.39, 0.29) is 5.41 Å². The Morgan fingerprint density at radius 2 is 2.13 bits per heavy atom. The number of Topliss-reactive ketones (excluding diaryl/α,β-unsaturated/α-hetero) is 1. The molecule has 3 aliphatic carbocycles. The molecule has 0 amide bonds. The van der Waals surface area contributed by atoms with Crippen molar-refractivity contribution in [1.82, 2.24) is 0 Å². The van der Waals surface area contributed by atoms with Crippen molar-refractivity contribution < 1.29 is 9.53 Å². The maximum absolute atomic E-state index is 12.4. The second-order valence-electron chi connectivity index (χ2n) is 7.83. The second-order valence-corrected chi connectivity index (χ2v) is 7.83. The maximum atomic E-state index is 12.4. The largest absolute Gasteiger partial charge is 0.492 e. The van der Waals surface area contributed by atoms with E-state index in [9.17, 15) is 4.79 Å². The van der Waals surface area contributed by atoms with Crippen molar-refractivity contribution >= 4 is 5.78 Å². The van der Waals surface area contributed by atoms with Gasteiger partial charge in [0.25, 0.3) is 0 Å². The molecular weight excluding hydrogens is 286 g/mol. The lowest BCUT2D eigenvalue weighted by molar-refractivity contribution is -0.129. The molecule has 0 unspecified atom stereocenters. The molecule has 1 aromatic carbocycles. The van der Waals surface area contributed by atoms with Gasteiger partial charge in [-0.15, -0.1) is 0 Å². The lowest BCUT2D eigenvalue weighted by Crippen LogP contribution is -2.42. The number of fused-ring (bicyclic) bond motifs is 5. The van der Waals surface area contributed by atoms with Crippen LogP contribution in [0, 0.1) is 17.3 Å². The first kappa shape index (κ1) is 15.2. The fraction of sp³-hybridized carbons (Fsp3) is 0.650. The second kappa shape index (κ2) is 5.62. The molecule has 124 valence electrons. The minimum absolute atomic E-state index is 0.0250. The number of nitrogens with two attached hydrogens (primary N) is 1. The zero-order chi connectivity index (χ0) is 16.0. The van der Waals surface area contributed by atoms with Crippen LogP contribution < -0.4 is 10.5 Å². The van der Waals surface area contributed by atoms with Crippen LogP contribution in [-0.2, 0) is 11.2 Å². The highest BCUT2D eigenvalue weighted by Crippen LogP contribution is 2.59. The van der Waals surface area contributed by atoms with E-state index < -0.39 is 0 Å². The molecule has 3 heteroatoms. The summed E-state index contributed by atoms with van der Waals surface area (Å²) < 4.78 is 5.69. The van der Waals surface area contributed by atoms with Crippen LogP contribution in [0.15, 0.2) is 18.2 Å². The van der Waals surface area contributed by atoms with Gasteiger partial charge in [0.15, 0.2) is 0 Å². The number of hydrogen-bond donors (Lipinski definition) is 1. The summed E-state index contributed by atoms with van der Waals surface area (Å²) in [4.78, 5) is 12.4. The Kier molecular flexibility index (Phi) is 3.72.